The Morgan fingerprint density at radius 3 is 2.08 bits per heavy atom. The number of azide groups is 1. The van der Waals surface area contributed by atoms with Gasteiger partial charge in [-0.05, 0) is 76.8 Å². The zero-order valence-corrected chi connectivity index (χ0v) is 51.3. The van der Waals surface area contributed by atoms with Crippen LogP contribution in [0.5, 0.6) is 40.2 Å². The van der Waals surface area contributed by atoms with Gasteiger partial charge in [0.1, 0.15) is 43.4 Å². The molecule has 3 amide bonds. The number of aryl methyl sites for hydroxylation is 1. The Bertz CT molecular complexity index is 3990. The Labute approximate surface area is 532 Å². The summed E-state index contributed by atoms with van der Waals surface area (Å²) in [4.78, 5) is 62.0. The van der Waals surface area contributed by atoms with Crippen molar-refractivity contribution in [3.05, 3.63) is 146 Å². The van der Waals surface area contributed by atoms with E-state index in [4.69, 9.17) is 66.5 Å². The number of para-hydroxylation sites is 1. The number of aliphatic hydroxyl groups is 4. The molecular weight excluding hydrogens is 1240 g/mol. The minimum atomic E-state index is -5.29. The van der Waals surface area contributed by atoms with Gasteiger partial charge in [-0.1, -0.05) is 23.3 Å². The molecule has 6 aromatic rings. The van der Waals surface area contributed by atoms with Gasteiger partial charge in [-0.3, -0.25) is 29.3 Å². The molecule has 0 bridgehead atoms. The summed E-state index contributed by atoms with van der Waals surface area (Å²) < 4.78 is 93.9. The van der Waals surface area contributed by atoms with Crippen LogP contribution in [0, 0.1) is 0 Å². The van der Waals surface area contributed by atoms with E-state index in [2.05, 4.69) is 20.3 Å². The van der Waals surface area contributed by atoms with Gasteiger partial charge in [0.2, 0.25) is 6.29 Å². The Kier molecular flexibility index (Phi) is 20.3. The first-order valence-electron chi connectivity index (χ1n) is 29.4. The van der Waals surface area contributed by atoms with E-state index >= 15 is 0 Å². The van der Waals surface area contributed by atoms with Crippen molar-refractivity contribution in [2.75, 3.05) is 78.5 Å². The topological polar surface area (TPSA) is 378 Å². The molecule has 11 rings (SSSR count). The van der Waals surface area contributed by atoms with Crippen LogP contribution in [0.4, 0.5) is 17.1 Å². The lowest BCUT2D eigenvalue weighted by atomic mass is 9.99. The molecule has 0 spiro atoms. The van der Waals surface area contributed by atoms with Gasteiger partial charge in [0.15, 0.2) is 34.5 Å². The fourth-order valence-corrected chi connectivity index (χ4v) is 11.8. The Morgan fingerprint density at radius 1 is 0.742 bits per heavy atom. The summed E-state index contributed by atoms with van der Waals surface area (Å²) in [6, 6.07) is 20.9. The number of aromatic nitrogens is 2. The maximum atomic E-state index is 14.4. The number of aliphatic hydroxyl groups excluding tert-OH is 4. The average molecular weight is 1300 g/mol. The highest BCUT2D eigenvalue weighted by Crippen LogP contribution is 2.43. The fraction of sp³-hybridized carbons (Fsp3) is 0.387. The van der Waals surface area contributed by atoms with Crippen LogP contribution in [-0.2, 0) is 69.0 Å². The number of amides is 3. The van der Waals surface area contributed by atoms with E-state index in [1.165, 1.54) is 32.4 Å². The standard InChI is InChI=1S/C62H66N10O20S/c1-70-34-67-46-30-71-39(23-48(46)70)28-65-44-26-52(50(82-2)24-42(44)60(71)78)87-32-35-18-36(33-88-53-27-45-43(25-51(53)83-3)61(79)72-40(29-66-45)21-37-6-4-5-7-47(37)72)20-41(19-35)91-93(80,81)92-54-22-38(8-9-49(54)89-62-58(76)57(75)56(74)55(31-73)90-62)59(77)64-10-12-84-14-16-86-17-15-85-13-11-68-69-63/h4-9,18-20,22,24-29,34,39-40,55-58,62,73-76H,10-17,21,23,30-33H2,1-3H3,(H,64,77)/t39-,40-,55+,56-,57-,58+,62?/m0/s1. The zero-order valence-electron chi connectivity index (χ0n) is 50.5. The highest BCUT2D eigenvalue weighted by atomic mass is 32.3. The lowest BCUT2D eigenvalue weighted by Gasteiger charge is -2.39. The first kappa shape index (κ1) is 65.1. The zero-order chi connectivity index (χ0) is 65.3. The highest BCUT2D eigenvalue weighted by Gasteiger charge is 2.45. The maximum absolute atomic E-state index is 14.4. The van der Waals surface area contributed by atoms with Crippen molar-refractivity contribution in [2.45, 2.75) is 75.4 Å². The van der Waals surface area contributed by atoms with Gasteiger partial charge in [-0.25, -0.2) is 4.98 Å². The van der Waals surface area contributed by atoms with Crippen molar-refractivity contribution < 1.29 is 94.2 Å². The molecule has 5 aliphatic heterocycles. The molecule has 1 fully saturated rings. The van der Waals surface area contributed by atoms with Crippen LogP contribution in [0.15, 0.2) is 106 Å². The summed E-state index contributed by atoms with van der Waals surface area (Å²) in [7, 11) is -0.568. The quantitative estimate of drug-likeness (QED) is 0.0199. The molecular formula is C62H66N10O20S. The summed E-state index contributed by atoms with van der Waals surface area (Å²) in [6.45, 7) is 0.335. The number of rotatable bonds is 28. The second-order valence-electron chi connectivity index (χ2n) is 21.8. The smallest absolute Gasteiger partial charge is 0.493 e. The number of benzene rings is 5. The van der Waals surface area contributed by atoms with Crippen molar-refractivity contribution in [3.8, 4) is 40.2 Å². The number of methoxy groups -OCH3 is 2. The number of anilines is 1. The number of nitrogens with zero attached hydrogens (tertiary/aromatic N) is 9. The van der Waals surface area contributed by atoms with Crippen LogP contribution in [0.2, 0.25) is 0 Å². The van der Waals surface area contributed by atoms with Gasteiger partial charge < -0.3 is 86.2 Å². The first-order chi connectivity index (χ1) is 45.0. The summed E-state index contributed by atoms with van der Waals surface area (Å²) in [5.74, 6) is -2.04. The van der Waals surface area contributed by atoms with Gasteiger partial charge in [0.25, 0.3) is 17.7 Å². The molecule has 0 radical (unpaired) electrons. The molecule has 5 aliphatic rings. The normalized spacial score (nSPS) is 20.1. The largest absolute Gasteiger partial charge is 0.501 e. The van der Waals surface area contributed by atoms with Crippen LogP contribution >= 0.6 is 0 Å². The number of aliphatic imine (C=N–C) groups is 2. The molecule has 1 aromatic heterocycles. The minimum absolute atomic E-state index is 0.00454. The van der Waals surface area contributed by atoms with Crippen molar-refractivity contribution in [1.82, 2.24) is 19.8 Å². The third-order valence-corrected chi connectivity index (χ3v) is 16.5. The molecule has 490 valence electrons. The van der Waals surface area contributed by atoms with Crippen molar-refractivity contribution in [1.29, 1.82) is 0 Å². The monoisotopic (exact) mass is 1300 g/mol. The lowest BCUT2D eigenvalue weighted by Crippen LogP contribution is -2.60. The fourth-order valence-electron chi connectivity index (χ4n) is 11.1. The molecule has 0 saturated carbocycles. The second kappa shape index (κ2) is 29.0. The molecule has 5 aromatic carbocycles. The molecule has 31 heteroatoms. The first-order valence-corrected chi connectivity index (χ1v) is 30.8. The molecule has 5 N–H and O–H groups in total. The van der Waals surface area contributed by atoms with E-state index in [0.717, 1.165) is 34.8 Å². The SMILES string of the molecule is COc1cc2c(cc1OCc1cc(COc3cc4c(cc3OC)C(=O)N3c5ccccc5C[C@H]3C=N4)cc(OS(=O)(=O)Oc3cc(C(=O)NCCOCCOCCOCCN=[N+]=[N-])ccc3OC3O[C@H](CO)[C@H](O)[C@H](O)[C@H]3O)c1)N=C[C@@H]1Cc3c(ncn3C)CN1C2=O. The van der Waals surface area contributed by atoms with Gasteiger partial charge >= 0.3 is 10.4 Å². The summed E-state index contributed by atoms with van der Waals surface area (Å²) in [6.07, 6.45) is -2.62. The Hall–Kier alpha value is -9.40. The van der Waals surface area contributed by atoms with E-state index in [-0.39, 0.29) is 142 Å². The van der Waals surface area contributed by atoms with Gasteiger partial charge in [-0.15, -0.1) is 8.42 Å². The van der Waals surface area contributed by atoms with Crippen LogP contribution in [0.1, 0.15) is 59.2 Å². The number of imidazole rings is 1. The number of carbonyl (C=O) groups is 3. The molecule has 0 aliphatic carbocycles. The van der Waals surface area contributed by atoms with Crippen LogP contribution in [0.3, 0.4) is 0 Å². The van der Waals surface area contributed by atoms with Gasteiger partial charge in [0, 0.05) is 79.4 Å². The van der Waals surface area contributed by atoms with E-state index in [9.17, 15) is 43.2 Å². The third-order valence-electron chi connectivity index (χ3n) is 15.7. The van der Waals surface area contributed by atoms with Crippen LogP contribution in [-0.4, -0.2) is 190 Å². The minimum Gasteiger partial charge on any atom is -0.493 e. The van der Waals surface area contributed by atoms with Crippen LogP contribution < -0.4 is 42.3 Å². The van der Waals surface area contributed by atoms with Crippen molar-refractivity contribution >= 4 is 57.6 Å². The lowest BCUT2D eigenvalue weighted by molar-refractivity contribution is -0.277. The Morgan fingerprint density at radius 2 is 1.40 bits per heavy atom. The van der Waals surface area contributed by atoms with Gasteiger partial charge in [0.05, 0.1) is 114 Å². The van der Waals surface area contributed by atoms with E-state index in [0.29, 0.717) is 35.3 Å². The van der Waals surface area contributed by atoms with Crippen molar-refractivity contribution in [3.63, 3.8) is 0 Å². The molecule has 30 nitrogen and oxygen atoms in total. The summed E-state index contributed by atoms with van der Waals surface area (Å²) >= 11 is 0. The predicted molar refractivity (Wildman–Crippen MR) is 329 cm³/mol. The highest BCUT2D eigenvalue weighted by molar-refractivity contribution is 7.82. The molecule has 7 atom stereocenters. The van der Waals surface area contributed by atoms with Crippen LogP contribution in [0.25, 0.3) is 10.4 Å². The molecule has 1 unspecified atom stereocenters. The molecule has 1 saturated heterocycles. The number of hydrogen-bond acceptors (Lipinski definition) is 24. The predicted octanol–water partition coefficient (Wildman–Crippen LogP) is 4.14. The maximum Gasteiger partial charge on any atom is 0.501 e. The second-order valence-corrected chi connectivity index (χ2v) is 22.9. The average Bonchev–Trinajstić information content (AvgIpc) is 1.66. The number of nitrogens with one attached hydrogen (secondary N) is 1. The summed E-state index contributed by atoms with van der Waals surface area (Å²) in [5, 5.41) is 47.9. The van der Waals surface area contributed by atoms with E-state index < -0.39 is 65.1 Å². The number of fused-ring (bicyclic) bond motifs is 7. The van der Waals surface area contributed by atoms with Gasteiger partial charge in [-0.2, -0.15) is 0 Å². The Balaban J connectivity index is 0.852. The molecule has 93 heavy (non-hydrogen) atoms. The van der Waals surface area contributed by atoms with Crippen molar-refractivity contribution in [2.24, 2.45) is 22.1 Å². The number of carbonyl (C=O) groups excluding carboxylic acids is 3. The number of ether oxygens (including phenoxy) is 9. The number of hydrogen-bond donors (Lipinski definition) is 5. The molecule has 6 heterocycles. The summed E-state index contributed by atoms with van der Waals surface area (Å²) in [5.41, 5.74) is 13.5. The van der Waals surface area contributed by atoms with E-state index in [1.807, 2.05) is 35.9 Å². The third kappa shape index (κ3) is 14.8. The van der Waals surface area contributed by atoms with E-state index in [1.54, 1.807) is 58.9 Å².